The van der Waals surface area contributed by atoms with Crippen molar-refractivity contribution < 1.29 is 22.7 Å². The molecule has 1 aliphatic rings. The highest BCUT2D eigenvalue weighted by molar-refractivity contribution is 7.92. The van der Waals surface area contributed by atoms with Crippen LogP contribution in [0.4, 0.5) is 5.69 Å². The fourth-order valence-electron chi connectivity index (χ4n) is 5.75. The number of carbonyl (C=O) groups excluding carboxylic acids is 2. The van der Waals surface area contributed by atoms with Crippen LogP contribution in [0.15, 0.2) is 71.6 Å². The second-order valence-corrected chi connectivity index (χ2v) is 13.5. The Hall–Kier alpha value is -3.85. The van der Waals surface area contributed by atoms with Crippen molar-refractivity contribution in [3.05, 3.63) is 89.0 Å². The Morgan fingerprint density at radius 3 is 2.20 bits per heavy atom. The smallest absolute Gasteiger partial charge is 0.264 e. The van der Waals surface area contributed by atoms with Crippen LogP contribution in [-0.4, -0.2) is 50.9 Å². The number of nitrogens with zero attached hydrogens (tertiary/aromatic N) is 2. The number of hydrogen-bond donors (Lipinski definition) is 1. The van der Waals surface area contributed by atoms with Gasteiger partial charge < -0.3 is 15.0 Å². The third-order valence-electron chi connectivity index (χ3n) is 8.58. The molecule has 44 heavy (non-hydrogen) atoms. The monoisotopic (exact) mass is 619 g/mol. The maximum atomic E-state index is 14.4. The highest BCUT2D eigenvalue weighted by Crippen LogP contribution is 2.30. The summed E-state index contributed by atoms with van der Waals surface area (Å²) >= 11 is 0. The van der Waals surface area contributed by atoms with Crippen molar-refractivity contribution in [1.29, 1.82) is 0 Å². The molecule has 1 atom stereocenters. The van der Waals surface area contributed by atoms with Crippen LogP contribution in [0.5, 0.6) is 5.75 Å². The second-order valence-electron chi connectivity index (χ2n) is 11.7. The first-order valence-electron chi connectivity index (χ1n) is 15.4. The lowest BCUT2D eigenvalue weighted by Crippen LogP contribution is -2.54. The number of anilines is 1. The SMILES string of the molecule is CCC(C(=O)NC1CCCCC1)N(Cc1ccc(OC)cc1)C(=O)CN(c1cccc(C)c1C)S(=O)(=O)c1ccc(C)cc1. The molecule has 0 spiro atoms. The molecule has 0 radical (unpaired) electrons. The molecule has 1 aliphatic carbocycles. The summed E-state index contributed by atoms with van der Waals surface area (Å²) in [5, 5.41) is 3.19. The Morgan fingerprint density at radius 2 is 1.59 bits per heavy atom. The summed E-state index contributed by atoms with van der Waals surface area (Å²) < 4.78 is 34.9. The average molecular weight is 620 g/mol. The first-order valence-corrected chi connectivity index (χ1v) is 16.9. The molecular weight excluding hydrogens is 574 g/mol. The van der Waals surface area contributed by atoms with E-state index in [9.17, 15) is 18.0 Å². The van der Waals surface area contributed by atoms with Gasteiger partial charge in [0, 0.05) is 12.6 Å². The van der Waals surface area contributed by atoms with Gasteiger partial charge in [0.25, 0.3) is 10.0 Å². The van der Waals surface area contributed by atoms with Crippen molar-refractivity contribution >= 4 is 27.5 Å². The number of ether oxygens (including phenoxy) is 1. The summed E-state index contributed by atoms with van der Waals surface area (Å²) in [5.41, 5.74) is 3.84. The topological polar surface area (TPSA) is 96.0 Å². The molecule has 236 valence electrons. The van der Waals surface area contributed by atoms with Gasteiger partial charge in [-0.1, -0.05) is 68.1 Å². The standard InChI is InChI=1S/C35H45N3O5S/c1-6-32(35(40)36-29-12-8-7-9-13-29)37(23-28-17-19-30(43-5)20-18-28)34(39)24-38(33-14-10-11-26(3)27(33)4)44(41,42)31-21-15-25(2)16-22-31/h10-11,14-22,29,32H,6-9,12-13,23-24H2,1-5H3,(H,36,40). The van der Waals surface area contributed by atoms with E-state index < -0.39 is 28.5 Å². The summed E-state index contributed by atoms with van der Waals surface area (Å²) in [4.78, 5) is 29.8. The van der Waals surface area contributed by atoms with Gasteiger partial charge in [0.05, 0.1) is 17.7 Å². The van der Waals surface area contributed by atoms with Crippen LogP contribution >= 0.6 is 0 Å². The van der Waals surface area contributed by atoms with E-state index in [2.05, 4.69) is 5.32 Å². The fraction of sp³-hybridized carbons (Fsp3) is 0.429. The van der Waals surface area contributed by atoms with Crippen LogP contribution in [0.2, 0.25) is 0 Å². The van der Waals surface area contributed by atoms with Crippen molar-refractivity contribution in [2.24, 2.45) is 0 Å². The lowest BCUT2D eigenvalue weighted by molar-refractivity contribution is -0.140. The maximum absolute atomic E-state index is 14.4. The van der Waals surface area contributed by atoms with Crippen LogP contribution < -0.4 is 14.4 Å². The van der Waals surface area contributed by atoms with Gasteiger partial charge in [0.2, 0.25) is 11.8 Å². The van der Waals surface area contributed by atoms with Gasteiger partial charge in [0.1, 0.15) is 18.3 Å². The molecule has 3 aromatic rings. The fourth-order valence-corrected chi connectivity index (χ4v) is 7.22. The van der Waals surface area contributed by atoms with Gasteiger partial charge in [-0.15, -0.1) is 0 Å². The van der Waals surface area contributed by atoms with E-state index in [0.717, 1.165) is 54.4 Å². The number of amides is 2. The normalized spacial score (nSPS) is 14.5. The van der Waals surface area contributed by atoms with Gasteiger partial charge in [-0.3, -0.25) is 13.9 Å². The summed E-state index contributed by atoms with van der Waals surface area (Å²) in [7, 11) is -2.54. The summed E-state index contributed by atoms with van der Waals surface area (Å²) in [6, 6.07) is 18.7. The minimum absolute atomic E-state index is 0.0802. The zero-order valence-corrected chi connectivity index (χ0v) is 27.3. The van der Waals surface area contributed by atoms with E-state index in [0.29, 0.717) is 17.9 Å². The highest BCUT2D eigenvalue weighted by atomic mass is 32.2. The van der Waals surface area contributed by atoms with Gasteiger partial charge in [-0.05, 0) is 87.1 Å². The molecule has 3 aromatic carbocycles. The third-order valence-corrected chi connectivity index (χ3v) is 10.4. The van der Waals surface area contributed by atoms with Gasteiger partial charge >= 0.3 is 0 Å². The number of nitrogens with one attached hydrogen (secondary N) is 1. The molecule has 0 heterocycles. The van der Waals surface area contributed by atoms with Gasteiger partial charge in [-0.25, -0.2) is 8.42 Å². The van der Waals surface area contributed by atoms with Crippen molar-refractivity contribution in [1.82, 2.24) is 10.2 Å². The molecule has 4 rings (SSSR count). The Bertz CT molecular complexity index is 1530. The average Bonchev–Trinajstić information content (AvgIpc) is 3.02. The largest absolute Gasteiger partial charge is 0.497 e. The van der Waals surface area contributed by atoms with Crippen molar-refractivity contribution in [3.8, 4) is 5.75 Å². The minimum Gasteiger partial charge on any atom is -0.497 e. The molecule has 1 N–H and O–H groups in total. The molecule has 0 bridgehead atoms. The number of rotatable bonds is 12. The summed E-state index contributed by atoms with van der Waals surface area (Å²) in [5.74, 6) is 0.0167. The highest BCUT2D eigenvalue weighted by Gasteiger charge is 2.35. The van der Waals surface area contributed by atoms with Crippen LogP contribution in [0.25, 0.3) is 0 Å². The van der Waals surface area contributed by atoms with E-state index in [4.69, 9.17) is 4.74 Å². The summed E-state index contributed by atoms with van der Waals surface area (Å²) in [6.07, 6.45) is 5.52. The van der Waals surface area contributed by atoms with Crippen LogP contribution in [-0.2, 0) is 26.2 Å². The van der Waals surface area contributed by atoms with Gasteiger partial charge in [0.15, 0.2) is 0 Å². The third kappa shape index (κ3) is 7.80. The molecule has 2 amide bonds. The number of aryl methyl sites for hydroxylation is 2. The van der Waals surface area contributed by atoms with Gasteiger partial charge in [-0.2, -0.15) is 0 Å². The zero-order chi connectivity index (χ0) is 31.9. The molecule has 1 unspecified atom stereocenters. The minimum atomic E-state index is -4.13. The number of benzene rings is 3. The van der Waals surface area contributed by atoms with Crippen molar-refractivity contribution in [2.45, 2.75) is 89.7 Å². The van der Waals surface area contributed by atoms with Crippen LogP contribution in [0.1, 0.15) is 67.7 Å². The zero-order valence-electron chi connectivity index (χ0n) is 26.5. The Kier molecular flexibility index (Phi) is 11.1. The molecule has 0 aliphatic heterocycles. The molecule has 8 nitrogen and oxygen atoms in total. The van der Waals surface area contributed by atoms with E-state index in [1.165, 1.54) is 9.21 Å². The van der Waals surface area contributed by atoms with Crippen molar-refractivity contribution in [3.63, 3.8) is 0 Å². The lowest BCUT2D eigenvalue weighted by atomic mass is 9.95. The molecule has 9 heteroatoms. The molecular formula is C35H45N3O5S. The Balaban J connectivity index is 1.73. The van der Waals surface area contributed by atoms with E-state index in [1.807, 2.05) is 58.0 Å². The van der Waals surface area contributed by atoms with Crippen molar-refractivity contribution in [2.75, 3.05) is 18.0 Å². The van der Waals surface area contributed by atoms with E-state index in [-0.39, 0.29) is 23.4 Å². The molecule has 0 saturated heterocycles. The summed E-state index contributed by atoms with van der Waals surface area (Å²) in [6.45, 7) is 7.23. The number of carbonyl (C=O) groups is 2. The Labute approximate surface area is 262 Å². The predicted molar refractivity (Wildman–Crippen MR) is 174 cm³/mol. The number of methoxy groups -OCH3 is 1. The predicted octanol–water partition coefficient (Wildman–Crippen LogP) is 6.07. The van der Waals surface area contributed by atoms with E-state index >= 15 is 0 Å². The lowest BCUT2D eigenvalue weighted by Gasteiger charge is -2.35. The number of sulfonamides is 1. The second kappa shape index (κ2) is 14.8. The molecule has 1 saturated carbocycles. The van der Waals surface area contributed by atoms with E-state index in [1.54, 1.807) is 43.5 Å². The first kappa shape index (κ1) is 33.1. The number of hydrogen-bond acceptors (Lipinski definition) is 5. The quantitative estimate of drug-likeness (QED) is 0.266. The Morgan fingerprint density at radius 1 is 0.932 bits per heavy atom. The van der Waals surface area contributed by atoms with Crippen LogP contribution in [0, 0.1) is 20.8 Å². The maximum Gasteiger partial charge on any atom is 0.264 e. The molecule has 0 aromatic heterocycles. The van der Waals surface area contributed by atoms with Crippen LogP contribution in [0.3, 0.4) is 0 Å². The molecule has 1 fully saturated rings. The first-order chi connectivity index (χ1) is 21.0.